The van der Waals surface area contributed by atoms with Crippen LogP contribution in [0.4, 0.5) is 4.79 Å². The summed E-state index contributed by atoms with van der Waals surface area (Å²) < 4.78 is 6.44. The van der Waals surface area contributed by atoms with Gasteiger partial charge in [0.2, 0.25) is 0 Å². The minimum atomic E-state index is -0.961. The SMILES string of the molecule is COc1ccc(Br)cc1CSc1ccccc1C1=NCCCN1C(=O)O. The Morgan fingerprint density at radius 3 is 2.92 bits per heavy atom. The predicted molar refractivity (Wildman–Crippen MR) is 107 cm³/mol. The van der Waals surface area contributed by atoms with Gasteiger partial charge in [-0.1, -0.05) is 34.1 Å². The number of benzene rings is 2. The van der Waals surface area contributed by atoms with Crippen LogP contribution in [0.2, 0.25) is 0 Å². The Labute approximate surface area is 165 Å². The minimum Gasteiger partial charge on any atom is -0.496 e. The maximum Gasteiger partial charge on any atom is 0.413 e. The van der Waals surface area contributed by atoms with Crippen molar-refractivity contribution in [3.05, 3.63) is 58.1 Å². The summed E-state index contributed by atoms with van der Waals surface area (Å²) >= 11 is 5.14. The van der Waals surface area contributed by atoms with Gasteiger partial charge in [-0.05, 0) is 30.7 Å². The standard InChI is InChI=1S/C19H19BrN2O3S/c1-25-16-8-7-14(20)11-13(16)12-26-17-6-3-2-5-15(17)18-21-9-4-10-22(18)19(23)24/h2-3,5-8,11H,4,9-10,12H2,1H3,(H,23,24). The van der Waals surface area contributed by atoms with Crippen LogP contribution < -0.4 is 4.74 Å². The van der Waals surface area contributed by atoms with Crippen LogP contribution in [0.15, 0.2) is 56.8 Å². The van der Waals surface area contributed by atoms with Crippen molar-refractivity contribution in [3.8, 4) is 5.75 Å². The number of amides is 1. The maximum atomic E-state index is 11.6. The molecule has 0 aromatic heterocycles. The van der Waals surface area contributed by atoms with Crippen molar-refractivity contribution in [1.29, 1.82) is 0 Å². The monoisotopic (exact) mass is 434 g/mol. The zero-order valence-electron chi connectivity index (χ0n) is 14.3. The van der Waals surface area contributed by atoms with Gasteiger partial charge in [-0.15, -0.1) is 11.8 Å². The van der Waals surface area contributed by atoms with E-state index in [1.54, 1.807) is 18.9 Å². The van der Waals surface area contributed by atoms with E-state index in [0.717, 1.165) is 32.7 Å². The first-order chi connectivity index (χ1) is 12.6. The second-order valence-corrected chi connectivity index (χ2v) is 7.67. The van der Waals surface area contributed by atoms with Gasteiger partial charge in [-0.25, -0.2) is 4.79 Å². The van der Waals surface area contributed by atoms with E-state index in [9.17, 15) is 9.90 Å². The summed E-state index contributed by atoms with van der Waals surface area (Å²) in [4.78, 5) is 18.4. The summed E-state index contributed by atoms with van der Waals surface area (Å²) in [5.41, 5.74) is 1.93. The molecule has 0 saturated heterocycles. The minimum absolute atomic E-state index is 0.479. The average molecular weight is 435 g/mol. The third-order valence-electron chi connectivity index (χ3n) is 4.04. The third-order valence-corrected chi connectivity index (χ3v) is 5.66. The van der Waals surface area contributed by atoms with Gasteiger partial charge in [0, 0.05) is 39.3 Å². The summed E-state index contributed by atoms with van der Waals surface area (Å²) in [6.45, 7) is 1.13. The van der Waals surface area contributed by atoms with E-state index in [1.807, 2.05) is 42.5 Å². The largest absolute Gasteiger partial charge is 0.496 e. The first-order valence-corrected chi connectivity index (χ1v) is 9.97. The number of methoxy groups -OCH3 is 1. The number of rotatable bonds is 5. The number of nitrogens with zero attached hydrogens (tertiary/aromatic N) is 2. The maximum absolute atomic E-state index is 11.6. The molecule has 3 rings (SSSR count). The number of aliphatic imine (C=N–C) groups is 1. The van der Waals surface area contributed by atoms with Crippen molar-refractivity contribution in [2.75, 3.05) is 20.2 Å². The number of carboxylic acid groups (broad SMARTS) is 1. The summed E-state index contributed by atoms with van der Waals surface area (Å²) in [6, 6.07) is 13.7. The van der Waals surface area contributed by atoms with Gasteiger partial charge in [0.05, 0.1) is 7.11 Å². The summed E-state index contributed by atoms with van der Waals surface area (Å²) in [5.74, 6) is 2.08. The molecule has 1 N–H and O–H groups in total. The Morgan fingerprint density at radius 1 is 1.35 bits per heavy atom. The van der Waals surface area contributed by atoms with E-state index < -0.39 is 6.09 Å². The van der Waals surface area contributed by atoms with Gasteiger partial charge in [-0.2, -0.15) is 0 Å². The zero-order valence-corrected chi connectivity index (χ0v) is 16.7. The lowest BCUT2D eigenvalue weighted by molar-refractivity contribution is 0.167. The van der Waals surface area contributed by atoms with Gasteiger partial charge >= 0.3 is 6.09 Å². The molecule has 0 unspecified atom stereocenters. The van der Waals surface area contributed by atoms with Crippen LogP contribution >= 0.6 is 27.7 Å². The first-order valence-electron chi connectivity index (χ1n) is 8.19. The van der Waals surface area contributed by atoms with E-state index >= 15 is 0 Å². The van der Waals surface area contributed by atoms with Crippen molar-refractivity contribution in [2.24, 2.45) is 4.99 Å². The van der Waals surface area contributed by atoms with Gasteiger partial charge in [-0.3, -0.25) is 9.89 Å². The molecule has 0 bridgehead atoms. The quantitative estimate of drug-likeness (QED) is 0.680. The molecule has 0 saturated carbocycles. The lowest BCUT2D eigenvalue weighted by atomic mass is 10.1. The van der Waals surface area contributed by atoms with Crippen molar-refractivity contribution in [1.82, 2.24) is 4.90 Å². The van der Waals surface area contributed by atoms with Crippen LogP contribution in [0, 0.1) is 0 Å². The Morgan fingerprint density at radius 2 is 2.15 bits per heavy atom. The molecule has 136 valence electrons. The highest BCUT2D eigenvalue weighted by atomic mass is 79.9. The molecule has 1 aliphatic heterocycles. The van der Waals surface area contributed by atoms with Crippen LogP contribution in [0.25, 0.3) is 0 Å². The molecule has 0 radical (unpaired) electrons. The Hall–Kier alpha value is -1.99. The topological polar surface area (TPSA) is 62.1 Å². The van der Waals surface area contributed by atoms with E-state index in [1.165, 1.54) is 4.90 Å². The number of ether oxygens (including phenoxy) is 1. The van der Waals surface area contributed by atoms with E-state index in [0.29, 0.717) is 24.7 Å². The molecule has 2 aromatic carbocycles. The van der Waals surface area contributed by atoms with E-state index in [2.05, 4.69) is 20.9 Å². The Bertz CT molecular complexity index is 841. The summed E-state index contributed by atoms with van der Waals surface area (Å²) in [6.07, 6.45) is -0.211. The second kappa shape index (κ2) is 8.60. The molecular formula is C19H19BrN2O3S. The third kappa shape index (κ3) is 4.22. The smallest absolute Gasteiger partial charge is 0.413 e. The van der Waals surface area contributed by atoms with Crippen molar-refractivity contribution in [2.45, 2.75) is 17.1 Å². The second-order valence-electron chi connectivity index (χ2n) is 5.73. The van der Waals surface area contributed by atoms with Gasteiger partial charge < -0.3 is 9.84 Å². The number of amidine groups is 1. The highest BCUT2D eigenvalue weighted by molar-refractivity contribution is 9.10. The van der Waals surface area contributed by atoms with Gasteiger partial charge in [0.25, 0.3) is 0 Å². The number of halogens is 1. The number of thioether (sulfide) groups is 1. The molecule has 5 nitrogen and oxygen atoms in total. The lowest BCUT2D eigenvalue weighted by Gasteiger charge is -2.26. The molecular weight excluding hydrogens is 416 g/mol. The lowest BCUT2D eigenvalue weighted by Crippen LogP contribution is -2.40. The average Bonchev–Trinajstić information content (AvgIpc) is 2.66. The fraction of sp³-hybridized carbons (Fsp3) is 0.263. The van der Waals surface area contributed by atoms with E-state index in [4.69, 9.17) is 4.74 Å². The molecule has 26 heavy (non-hydrogen) atoms. The molecule has 1 aliphatic rings. The fourth-order valence-electron chi connectivity index (χ4n) is 2.81. The van der Waals surface area contributed by atoms with Crippen molar-refractivity contribution >= 4 is 39.6 Å². The summed E-state index contributed by atoms with van der Waals surface area (Å²) in [7, 11) is 1.66. The number of hydrogen-bond donors (Lipinski definition) is 1. The highest BCUT2D eigenvalue weighted by Crippen LogP contribution is 2.32. The molecule has 0 fully saturated rings. The molecule has 0 atom stereocenters. The van der Waals surface area contributed by atoms with Crippen LogP contribution in [0.5, 0.6) is 5.75 Å². The molecule has 1 amide bonds. The van der Waals surface area contributed by atoms with Crippen LogP contribution in [-0.2, 0) is 5.75 Å². The van der Waals surface area contributed by atoms with Crippen LogP contribution in [0.1, 0.15) is 17.5 Å². The van der Waals surface area contributed by atoms with Gasteiger partial charge in [0.15, 0.2) is 0 Å². The van der Waals surface area contributed by atoms with Crippen LogP contribution in [-0.4, -0.2) is 42.1 Å². The molecule has 1 heterocycles. The normalized spacial score (nSPS) is 14.1. The number of carbonyl (C=O) groups is 1. The Balaban J connectivity index is 1.88. The van der Waals surface area contributed by atoms with Crippen molar-refractivity contribution < 1.29 is 14.6 Å². The summed E-state index contributed by atoms with van der Waals surface area (Å²) in [5, 5.41) is 9.48. The molecule has 0 spiro atoms. The number of hydrogen-bond acceptors (Lipinski definition) is 4. The van der Waals surface area contributed by atoms with Crippen LogP contribution in [0.3, 0.4) is 0 Å². The highest BCUT2D eigenvalue weighted by Gasteiger charge is 2.24. The Kier molecular flexibility index (Phi) is 6.21. The van der Waals surface area contributed by atoms with E-state index in [-0.39, 0.29) is 0 Å². The molecule has 2 aromatic rings. The van der Waals surface area contributed by atoms with Gasteiger partial charge in [0.1, 0.15) is 11.6 Å². The fourth-order valence-corrected chi connectivity index (χ4v) is 4.25. The molecule has 0 aliphatic carbocycles. The van der Waals surface area contributed by atoms with Crippen molar-refractivity contribution in [3.63, 3.8) is 0 Å². The first kappa shape index (κ1) is 18.8. The zero-order chi connectivity index (χ0) is 18.5. The predicted octanol–water partition coefficient (Wildman–Crippen LogP) is 4.88. The molecule has 7 heteroatoms.